The molecule has 1 aromatic rings. The molecule has 13 heteroatoms. The Labute approximate surface area is 231 Å². The zero-order valence-corrected chi connectivity index (χ0v) is 23.5. The van der Waals surface area contributed by atoms with Crippen LogP contribution in [-0.2, 0) is 30.4 Å². The summed E-state index contributed by atoms with van der Waals surface area (Å²) in [5.74, 6) is -0.337. The van der Waals surface area contributed by atoms with Crippen molar-refractivity contribution in [3.63, 3.8) is 0 Å². The van der Waals surface area contributed by atoms with E-state index in [2.05, 4.69) is 32.3 Å². The molecule has 0 saturated carbocycles. The van der Waals surface area contributed by atoms with Crippen LogP contribution < -0.4 is 30.3 Å². The number of carbonyl (C=O) groups is 3. The molecule has 0 spiro atoms. The van der Waals surface area contributed by atoms with Gasteiger partial charge in [-0.05, 0) is 37.8 Å². The van der Waals surface area contributed by atoms with Crippen molar-refractivity contribution in [1.29, 1.82) is 0 Å². The summed E-state index contributed by atoms with van der Waals surface area (Å²) < 4.78 is 20.7. The molecule has 0 aromatic heterocycles. The van der Waals surface area contributed by atoms with E-state index in [4.69, 9.17) is 14.0 Å². The topological polar surface area (TPSA) is 147 Å². The van der Waals surface area contributed by atoms with Crippen LogP contribution in [0.2, 0.25) is 0 Å². The van der Waals surface area contributed by atoms with E-state index in [1.54, 1.807) is 0 Å². The van der Waals surface area contributed by atoms with Crippen molar-refractivity contribution in [2.45, 2.75) is 59.8 Å². The van der Waals surface area contributed by atoms with Crippen LogP contribution in [0.15, 0.2) is 18.2 Å². The largest absolute Gasteiger partial charge is 0.780 e. The molecule has 3 amide bonds. The average Bonchev–Trinajstić information content (AvgIpc) is 2.89. The van der Waals surface area contributed by atoms with Crippen LogP contribution in [0, 0.1) is 0 Å². The molecule has 218 valence electrons. The van der Waals surface area contributed by atoms with E-state index >= 15 is 0 Å². The van der Waals surface area contributed by atoms with Gasteiger partial charge < -0.3 is 39.4 Å². The number of unbranched alkanes of at least 4 members (excludes halogenated alkanes) is 3. The molecule has 0 bridgehead atoms. The third-order valence-corrected chi connectivity index (χ3v) is 6.57. The quantitative estimate of drug-likeness (QED) is 0.157. The number of hydrogen-bond donors (Lipinski definition) is 3. The number of hydrogen-bond acceptors (Lipinski definition) is 9. The molecule has 38 heavy (non-hydrogen) atoms. The lowest BCUT2D eigenvalue weighted by Gasteiger charge is -2.24. The second-order valence-corrected chi connectivity index (χ2v) is 11.0. The van der Waals surface area contributed by atoms with Gasteiger partial charge in [0, 0.05) is 38.4 Å². The predicted octanol–water partition coefficient (Wildman–Crippen LogP) is 2.67. The summed E-state index contributed by atoms with van der Waals surface area (Å²) in [6, 6.07) is 4.57. The SMILES string of the molecule is C.CCCNC(=O)COc1cc(OCC(=O)NCCC)cc(C(=O)NCCCCCCOP([O-])(=S)OC)c1. The van der Waals surface area contributed by atoms with Gasteiger partial charge in [-0.3, -0.25) is 14.4 Å². The van der Waals surface area contributed by atoms with Crippen molar-refractivity contribution in [2.75, 3.05) is 46.6 Å². The van der Waals surface area contributed by atoms with E-state index in [0.29, 0.717) is 26.1 Å². The van der Waals surface area contributed by atoms with Crippen LogP contribution in [0.25, 0.3) is 0 Å². The molecule has 0 aliphatic rings. The minimum Gasteiger partial charge on any atom is -0.780 e. The summed E-state index contributed by atoms with van der Waals surface area (Å²) in [6.07, 6.45) is 4.66. The Balaban J connectivity index is 0.0000137. The Morgan fingerprint density at radius 1 is 0.842 bits per heavy atom. The van der Waals surface area contributed by atoms with Gasteiger partial charge in [0.15, 0.2) is 13.2 Å². The van der Waals surface area contributed by atoms with Crippen LogP contribution >= 0.6 is 6.72 Å². The van der Waals surface area contributed by atoms with E-state index in [1.807, 2.05) is 13.8 Å². The molecule has 1 atom stereocenters. The van der Waals surface area contributed by atoms with E-state index < -0.39 is 6.72 Å². The maximum atomic E-state index is 12.7. The van der Waals surface area contributed by atoms with Gasteiger partial charge in [0.1, 0.15) is 18.2 Å². The summed E-state index contributed by atoms with van der Waals surface area (Å²) in [5, 5.41) is 8.28. The zero-order chi connectivity index (χ0) is 27.5. The molecule has 3 N–H and O–H groups in total. The van der Waals surface area contributed by atoms with Gasteiger partial charge in [0.05, 0.1) is 6.61 Å². The summed E-state index contributed by atoms with van der Waals surface area (Å²) in [6.45, 7) is 1.89. The van der Waals surface area contributed by atoms with E-state index in [9.17, 15) is 19.3 Å². The van der Waals surface area contributed by atoms with Gasteiger partial charge in [-0.25, -0.2) is 0 Å². The smallest absolute Gasteiger partial charge is 0.257 e. The average molecular weight is 577 g/mol. The van der Waals surface area contributed by atoms with Crippen LogP contribution in [0.5, 0.6) is 11.5 Å². The van der Waals surface area contributed by atoms with Crippen molar-refractivity contribution >= 4 is 36.2 Å². The van der Waals surface area contributed by atoms with Crippen LogP contribution in [0.4, 0.5) is 0 Å². The van der Waals surface area contributed by atoms with Crippen molar-refractivity contribution in [3.8, 4) is 11.5 Å². The fourth-order valence-electron chi connectivity index (χ4n) is 2.91. The molecule has 0 saturated heterocycles. The highest BCUT2D eigenvalue weighted by Crippen LogP contribution is 2.37. The zero-order valence-electron chi connectivity index (χ0n) is 21.8. The Kier molecular flexibility index (Phi) is 19.5. The molecular formula is C25H43N3O8PS-. The lowest BCUT2D eigenvalue weighted by molar-refractivity contribution is -0.204. The van der Waals surface area contributed by atoms with Gasteiger partial charge in [0.2, 0.25) is 0 Å². The van der Waals surface area contributed by atoms with Gasteiger partial charge in [0.25, 0.3) is 17.7 Å². The Morgan fingerprint density at radius 3 is 1.87 bits per heavy atom. The minimum absolute atomic E-state index is 0. The molecule has 1 unspecified atom stereocenters. The first-order valence-corrected chi connectivity index (χ1v) is 15.0. The molecule has 0 aliphatic heterocycles. The van der Waals surface area contributed by atoms with Crippen LogP contribution in [0.1, 0.15) is 70.2 Å². The second-order valence-electron chi connectivity index (χ2n) is 8.10. The van der Waals surface area contributed by atoms with Crippen molar-refractivity contribution in [3.05, 3.63) is 23.8 Å². The van der Waals surface area contributed by atoms with E-state index in [-0.39, 0.29) is 62.0 Å². The fraction of sp³-hybridized carbons (Fsp3) is 0.640. The van der Waals surface area contributed by atoms with Crippen LogP contribution in [-0.4, -0.2) is 64.3 Å². The van der Waals surface area contributed by atoms with E-state index in [1.165, 1.54) is 25.3 Å². The first-order valence-electron chi connectivity index (χ1n) is 12.4. The summed E-state index contributed by atoms with van der Waals surface area (Å²) in [4.78, 5) is 48.0. The first-order chi connectivity index (χ1) is 17.7. The number of nitrogens with one attached hydrogen (secondary N) is 3. The number of rotatable bonds is 20. The number of carbonyl (C=O) groups excluding carboxylic acids is 3. The highest BCUT2D eigenvalue weighted by Gasteiger charge is 2.13. The Morgan fingerprint density at radius 2 is 1.37 bits per heavy atom. The molecule has 1 aromatic carbocycles. The highest BCUT2D eigenvalue weighted by atomic mass is 32.5. The van der Waals surface area contributed by atoms with Gasteiger partial charge in [-0.2, -0.15) is 0 Å². The Hall–Kier alpha value is -2.24. The molecule has 11 nitrogen and oxygen atoms in total. The van der Waals surface area contributed by atoms with Crippen LogP contribution in [0.3, 0.4) is 0 Å². The summed E-state index contributed by atoms with van der Waals surface area (Å²) in [7, 11) is 1.25. The standard InChI is InChI=1S/C24H40N3O8PS.CH4/c1-4-10-25-22(28)17-33-20-14-19(15-21(16-20)34-18-23(29)26-11-5-2)24(30)27-12-8-6-7-9-13-35-36(31,37)32-3;/h14-16H,4-13,17-18H2,1-3H3,(H,25,28)(H,26,29)(H,27,30)(H,31,37);1H4/p-1. The third-order valence-electron chi connectivity index (χ3n) is 4.86. The second kappa shape index (κ2) is 20.7. The predicted molar refractivity (Wildman–Crippen MR) is 149 cm³/mol. The first kappa shape index (κ1) is 35.8. The fourth-order valence-corrected chi connectivity index (χ4v) is 3.59. The monoisotopic (exact) mass is 576 g/mol. The lowest BCUT2D eigenvalue weighted by atomic mass is 10.1. The van der Waals surface area contributed by atoms with Crippen molar-refractivity contribution in [1.82, 2.24) is 16.0 Å². The molecule has 0 aliphatic carbocycles. The lowest BCUT2D eigenvalue weighted by Crippen LogP contribution is -2.30. The third kappa shape index (κ3) is 16.6. The molecule has 0 heterocycles. The van der Waals surface area contributed by atoms with E-state index in [0.717, 1.165) is 32.1 Å². The van der Waals surface area contributed by atoms with Crippen molar-refractivity contribution in [2.24, 2.45) is 0 Å². The van der Waals surface area contributed by atoms with Gasteiger partial charge in [-0.15, -0.1) is 0 Å². The molecule has 0 fully saturated rings. The summed E-state index contributed by atoms with van der Waals surface area (Å²) >= 11 is 4.66. The number of ether oxygens (including phenoxy) is 2. The van der Waals surface area contributed by atoms with Gasteiger partial charge in [-0.1, -0.05) is 45.9 Å². The van der Waals surface area contributed by atoms with Gasteiger partial charge >= 0.3 is 0 Å². The summed E-state index contributed by atoms with van der Waals surface area (Å²) in [5.41, 5.74) is 0.282. The van der Waals surface area contributed by atoms with Crippen molar-refractivity contribution < 1.29 is 37.8 Å². The maximum Gasteiger partial charge on any atom is 0.257 e. The molecule has 1 rings (SSSR count). The highest BCUT2D eigenvalue weighted by molar-refractivity contribution is 8.06. The normalized spacial score (nSPS) is 12.0. The molecule has 0 radical (unpaired) electrons. The molecular weight excluding hydrogens is 533 g/mol. The number of amides is 3. The maximum absolute atomic E-state index is 12.7. The Bertz CT molecular complexity index is 861. The minimum atomic E-state index is -3.36. The number of benzene rings is 1.